The van der Waals surface area contributed by atoms with Crippen molar-refractivity contribution in [2.75, 3.05) is 24.5 Å². The second-order valence-electron chi connectivity index (χ2n) is 5.83. The molecule has 2 heterocycles. The minimum Gasteiger partial charge on any atom is -0.391 e. The third-order valence-electron chi connectivity index (χ3n) is 4.21. The second kappa shape index (κ2) is 6.14. The van der Waals surface area contributed by atoms with Crippen molar-refractivity contribution in [2.45, 2.75) is 36.7 Å². The summed E-state index contributed by atoms with van der Waals surface area (Å²) in [6.07, 6.45) is 3.16. The van der Waals surface area contributed by atoms with Gasteiger partial charge in [0.25, 0.3) is 10.0 Å². The Balaban J connectivity index is 1.81. The van der Waals surface area contributed by atoms with Gasteiger partial charge in [-0.3, -0.25) is 4.31 Å². The Labute approximate surface area is 136 Å². The monoisotopic (exact) mass is 340 g/mol. The molecule has 22 heavy (non-hydrogen) atoms. The molecule has 1 aromatic carbocycles. The van der Waals surface area contributed by atoms with Crippen LogP contribution in [0.15, 0.2) is 29.2 Å². The zero-order valence-corrected chi connectivity index (χ0v) is 13.9. The fourth-order valence-corrected chi connectivity index (χ4v) is 5.01. The predicted molar refractivity (Wildman–Crippen MR) is 89.6 cm³/mol. The molecule has 120 valence electrons. The largest absolute Gasteiger partial charge is 0.391 e. The average molecular weight is 340 g/mol. The number of thiocarbonyl (C=S) groups is 1. The number of β-amino-alcohol motifs (C(OH)–C–C–N with tert-alkyl or cyclic N) is 1. The highest BCUT2D eigenvalue weighted by Crippen LogP contribution is 2.26. The molecule has 0 saturated carbocycles. The summed E-state index contributed by atoms with van der Waals surface area (Å²) in [5, 5.41) is 9.59. The zero-order valence-electron chi connectivity index (χ0n) is 12.3. The molecule has 0 radical (unpaired) electrons. The lowest BCUT2D eigenvalue weighted by Gasteiger charge is -2.29. The lowest BCUT2D eigenvalue weighted by atomic mass is 10.1. The predicted octanol–water partition coefficient (Wildman–Crippen LogP) is 1.76. The van der Waals surface area contributed by atoms with Crippen LogP contribution in [0.5, 0.6) is 0 Å². The molecule has 0 amide bonds. The molecule has 7 heteroatoms. The molecular formula is C15H20N2O3S2. The molecule has 0 spiro atoms. The molecule has 1 N–H and O–H groups in total. The van der Waals surface area contributed by atoms with Gasteiger partial charge in [-0.05, 0) is 43.5 Å². The van der Waals surface area contributed by atoms with Crippen molar-refractivity contribution >= 4 is 32.9 Å². The minimum atomic E-state index is -3.65. The quantitative estimate of drug-likeness (QED) is 0.850. The van der Waals surface area contributed by atoms with E-state index in [-0.39, 0.29) is 22.8 Å². The lowest BCUT2D eigenvalue weighted by molar-refractivity contribution is 0.190. The van der Waals surface area contributed by atoms with Crippen LogP contribution in [0.3, 0.4) is 0 Å². The number of aliphatic hydroxyl groups excluding tert-OH is 1. The number of aliphatic hydroxyl groups is 1. The molecular weight excluding hydrogens is 320 g/mol. The van der Waals surface area contributed by atoms with Gasteiger partial charge in [0, 0.05) is 25.2 Å². The molecule has 2 aliphatic rings. The van der Waals surface area contributed by atoms with E-state index in [4.69, 9.17) is 12.2 Å². The zero-order chi connectivity index (χ0) is 15.7. The van der Waals surface area contributed by atoms with E-state index in [1.807, 2.05) is 12.1 Å². The van der Waals surface area contributed by atoms with Gasteiger partial charge in [0.1, 0.15) is 0 Å². The first-order valence-corrected chi connectivity index (χ1v) is 9.42. The molecule has 2 aliphatic heterocycles. The molecule has 0 aromatic heterocycles. The number of sulfonamides is 1. The van der Waals surface area contributed by atoms with Crippen LogP contribution in [0.4, 0.5) is 5.69 Å². The van der Waals surface area contributed by atoms with E-state index in [2.05, 4.69) is 4.90 Å². The highest BCUT2D eigenvalue weighted by Gasteiger charge is 2.34. The molecule has 1 aromatic rings. The van der Waals surface area contributed by atoms with Crippen LogP contribution < -0.4 is 4.90 Å². The maximum Gasteiger partial charge on any atom is 0.264 e. The van der Waals surface area contributed by atoms with Crippen LogP contribution in [0, 0.1) is 0 Å². The smallest absolute Gasteiger partial charge is 0.264 e. The summed E-state index contributed by atoms with van der Waals surface area (Å²) in [4.78, 5) is 2.79. The average Bonchev–Trinajstić information content (AvgIpc) is 2.88. The summed E-state index contributed by atoms with van der Waals surface area (Å²) in [6, 6.07) is 6.97. The van der Waals surface area contributed by atoms with Gasteiger partial charge >= 0.3 is 0 Å². The summed E-state index contributed by atoms with van der Waals surface area (Å²) in [5.41, 5.74) is 1.06. The second-order valence-corrected chi connectivity index (χ2v) is 8.16. The van der Waals surface area contributed by atoms with Crippen LogP contribution in [-0.4, -0.2) is 48.6 Å². The number of rotatable bonds is 3. The van der Waals surface area contributed by atoms with Crippen molar-refractivity contribution in [3.63, 3.8) is 0 Å². The van der Waals surface area contributed by atoms with E-state index < -0.39 is 16.1 Å². The summed E-state index contributed by atoms with van der Waals surface area (Å²) in [7, 11) is -3.65. The van der Waals surface area contributed by atoms with Crippen LogP contribution in [0.25, 0.3) is 0 Å². The first kappa shape index (κ1) is 15.7. The topological polar surface area (TPSA) is 60.9 Å². The van der Waals surface area contributed by atoms with Gasteiger partial charge < -0.3 is 10.0 Å². The first-order chi connectivity index (χ1) is 10.5. The van der Waals surface area contributed by atoms with Crippen LogP contribution in [0.2, 0.25) is 0 Å². The molecule has 5 nitrogen and oxygen atoms in total. The van der Waals surface area contributed by atoms with Gasteiger partial charge in [0.05, 0.1) is 22.5 Å². The minimum absolute atomic E-state index is 0.0506. The third-order valence-corrected chi connectivity index (χ3v) is 6.53. The number of benzene rings is 1. The molecule has 2 saturated heterocycles. The Morgan fingerprint density at radius 3 is 2.27 bits per heavy atom. The van der Waals surface area contributed by atoms with E-state index in [1.54, 1.807) is 12.1 Å². The summed E-state index contributed by atoms with van der Waals surface area (Å²) in [6.45, 7) is 2.10. The highest BCUT2D eigenvalue weighted by molar-refractivity contribution is 7.91. The van der Waals surface area contributed by atoms with Crippen molar-refractivity contribution in [2.24, 2.45) is 0 Å². The number of anilines is 1. The lowest BCUT2D eigenvalue weighted by Crippen LogP contribution is -2.32. The molecule has 1 unspecified atom stereocenters. The van der Waals surface area contributed by atoms with E-state index in [0.717, 1.165) is 23.1 Å². The summed E-state index contributed by atoms with van der Waals surface area (Å²) >= 11 is 5.07. The normalized spacial score (nSPS) is 23.1. The Morgan fingerprint density at radius 1 is 1.09 bits per heavy atom. The number of hydrogen-bond donors (Lipinski definition) is 1. The Bertz CT molecular complexity index is 652. The van der Waals surface area contributed by atoms with Gasteiger partial charge in [-0.15, -0.1) is 0 Å². The van der Waals surface area contributed by atoms with E-state index in [9.17, 15) is 13.5 Å². The van der Waals surface area contributed by atoms with Crippen LogP contribution >= 0.6 is 12.2 Å². The van der Waals surface area contributed by atoms with Crippen molar-refractivity contribution < 1.29 is 13.5 Å². The Kier molecular flexibility index (Phi) is 4.38. The van der Waals surface area contributed by atoms with Crippen molar-refractivity contribution in [3.8, 4) is 0 Å². The van der Waals surface area contributed by atoms with Gasteiger partial charge in [-0.1, -0.05) is 12.2 Å². The summed E-state index contributed by atoms with van der Waals surface area (Å²) < 4.78 is 26.3. The maximum atomic E-state index is 12.6. The SMILES string of the molecule is O=S(=O)(c1ccc(N2CCCCC2)cc1)N1CC(O)CC1=S. The molecule has 3 rings (SSSR count). The van der Waals surface area contributed by atoms with Gasteiger partial charge in [0.2, 0.25) is 0 Å². The number of nitrogens with zero attached hydrogens (tertiary/aromatic N) is 2. The van der Waals surface area contributed by atoms with Gasteiger partial charge in [-0.25, -0.2) is 8.42 Å². The molecule has 0 bridgehead atoms. The maximum absolute atomic E-state index is 12.6. The molecule has 1 atom stereocenters. The van der Waals surface area contributed by atoms with E-state index in [1.165, 1.54) is 19.3 Å². The highest BCUT2D eigenvalue weighted by atomic mass is 32.2. The molecule has 2 fully saturated rings. The van der Waals surface area contributed by atoms with E-state index >= 15 is 0 Å². The Morgan fingerprint density at radius 2 is 1.73 bits per heavy atom. The third kappa shape index (κ3) is 2.98. The van der Waals surface area contributed by atoms with Gasteiger partial charge in [0.15, 0.2) is 0 Å². The van der Waals surface area contributed by atoms with Crippen molar-refractivity contribution in [3.05, 3.63) is 24.3 Å². The van der Waals surface area contributed by atoms with Crippen molar-refractivity contribution in [1.82, 2.24) is 4.31 Å². The Hall–Kier alpha value is -1.18. The van der Waals surface area contributed by atoms with E-state index in [0.29, 0.717) is 0 Å². The fraction of sp³-hybridized carbons (Fsp3) is 0.533. The molecule has 0 aliphatic carbocycles. The number of piperidine rings is 1. The van der Waals surface area contributed by atoms with Crippen LogP contribution in [-0.2, 0) is 10.0 Å². The van der Waals surface area contributed by atoms with Gasteiger partial charge in [-0.2, -0.15) is 0 Å². The summed E-state index contributed by atoms with van der Waals surface area (Å²) in [5.74, 6) is 0. The van der Waals surface area contributed by atoms with Crippen LogP contribution in [0.1, 0.15) is 25.7 Å². The fourth-order valence-electron chi connectivity index (χ4n) is 3.00. The van der Waals surface area contributed by atoms with Crippen molar-refractivity contribution in [1.29, 1.82) is 0 Å². The first-order valence-electron chi connectivity index (χ1n) is 7.57. The number of hydrogen-bond acceptors (Lipinski definition) is 5. The standard InChI is InChI=1S/C15H20N2O3S2/c18-13-10-15(21)17(11-13)22(19,20)14-6-4-12(5-7-14)16-8-2-1-3-9-16/h4-7,13,18H,1-3,8-11H2.